The Hall–Kier alpha value is -0.0800. The van der Waals surface area contributed by atoms with Crippen LogP contribution in [0.1, 0.15) is 45.4 Å². The van der Waals surface area contributed by atoms with Gasteiger partial charge in [0, 0.05) is 40.0 Å². The summed E-state index contributed by atoms with van der Waals surface area (Å²) >= 11 is 0. The van der Waals surface area contributed by atoms with E-state index in [2.05, 4.69) is 22.5 Å². The number of unbranched alkanes of at least 4 members (excludes halogenated alkanes) is 2. The zero-order valence-electron chi connectivity index (χ0n) is 13.5. The second-order valence-corrected chi connectivity index (χ2v) is 5.17. The quantitative estimate of drug-likeness (QED) is 0.264. The fourth-order valence-electron chi connectivity index (χ4n) is 2.17. The third-order valence-corrected chi connectivity index (χ3v) is 3.43. The summed E-state index contributed by atoms with van der Waals surface area (Å²) in [5.41, 5.74) is 0. The van der Waals surface area contributed by atoms with Crippen LogP contribution < -0.4 is 10.6 Å². The summed E-state index contributed by atoms with van der Waals surface area (Å²) in [4.78, 5) is 4.21. The van der Waals surface area contributed by atoms with Gasteiger partial charge in [0.15, 0.2) is 5.96 Å². The molecule has 126 valence electrons. The normalized spacial score (nSPS) is 16.4. The van der Waals surface area contributed by atoms with Crippen molar-refractivity contribution in [2.45, 2.75) is 51.6 Å². The van der Waals surface area contributed by atoms with Crippen molar-refractivity contribution in [1.82, 2.24) is 10.6 Å². The Morgan fingerprint density at radius 2 is 1.81 bits per heavy atom. The lowest BCUT2D eigenvalue weighted by molar-refractivity contribution is -0.0320. The van der Waals surface area contributed by atoms with Gasteiger partial charge in [-0.15, -0.1) is 24.0 Å². The van der Waals surface area contributed by atoms with Crippen LogP contribution in [-0.2, 0) is 9.47 Å². The molecule has 1 aliphatic rings. The Morgan fingerprint density at radius 1 is 1.14 bits per heavy atom. The van der Waals surface area contributed by atoms with Crippen molar-refractivity contribution in [2.75, 3.05) is 40.0 Å². The monoisotopic (exact) mass is 413 g/mol. The van der Waals surface area contributed by atoms with Crippen molar-refractivity contribution in [3.05, 3.63) is 0 Å². The SMILES string of the molecule is CCCCCNC(=NC)NCCCOC1CCOCC1.I. The molecule has 0 aromatic heterocycles. The van der Waals surface area contributed by atoms with E-state index < -0.39 is 0 Å². The maximum atomic E-state index is 5.83. The third kappa shape index (κ3) is 11.2. The molecule has 6 heteroatoms. The second kappa shape index (κ2) is 14.8. The molecule has 0 aromatic carbocycles. The van der Waals surface area contributed by atoms with E-state index in [1.54, 1.807) is 0 Å². The fraction of sp³-hybridized carbons (Fsp3) is 0.933. The van der Waals surface area contributed by atoms with Crippen LogP contribution in [0.3, 0.4) is 0 Å². The molecule has 1 aliphatic heterocycles. The molecule has 1 rings (SSSR count). The van der Waals surface area contributed by atoms with E-state index in [0.717, 1.165) is 58.1 Å². The first-order valence-electron chi connectivity index (χ1n) is 8.00. The summed E-state index contributed by atoms with van der Waals surface area (Å²) in [6.07, 6.45) is 7.19. The number of guanidine groups is 1. The van der Waals surface area contributed by atoms with Crippen molar-refractivity contribution in [3.63, 3.8) is 0 Å². The molecule has 0 saturated carbocycles. The van der Waals surface area contributed by atoms with E-state index in [4.69, 9.17) is 9.47 Å². The van der Waals surface area contributed by atoms with E-state index >= 15 is 0 Å². The largest absolute Gasteiger partial charge is 0.381 e. The Bertz CT molecular complexity index is 259. The van der Waals surface area contributed by atoms with Gasteiger partial charge in [-0.3, -0.25) is 4.99 Å². The molecular weight excluding hydrogens is 381 g/mol. The second-order valence-electron chi connectivity index (χ2n) is 5.17. The van der Waals surface area contributed by atoms with Crippen LogP contribution >= 0.6 is 24.0 Å². The number of hydrogen-bond acceptors (Lipinski definition) is 3. The van der Waals surface area contributed by atoms with Crippen molar-refractivity contribution < 1.29 is 9.47 Å². The molecule has 0 radical (unpaired) electrons. The van der Waals surface area contributed by atoms with Gasteiger partial charge >= 0.3 is 0 Å². The first-order valence-corrected chi connectivity index (χ1v) is 8.00. The van der Waals surface area contributed by atoms with Crippen LogP contribution in [0, 0.1) is 0 Å². The number of nitrogens with one attached hydrogen (secondary N) is 2. The minimum Gasteiger partial charge on any atom is -0.381 e. The molecule has 0 aromatic rings. The van der Waals surface area contributed by atoms with Gasteiger partial charge in [0.2, 0.25) is 0 Å². The van der Waals surface area contributed by atoms with Gasteiger partial charge in [0.05, 0.1) is 6.10 Å². The number of ether oxygens (including phenoxy) is 2. The molecule has 1 saturated heterocycles. The molecule has 0 bridgehead atoms. The highest BCUT2D eigenvalue weighted by Gasteiger charge is 2.13. The van der Waals surface area contributed by atoms with E-state index in [-0.39, 0.29) is 24.0 Å². The molecule has 0 atom stereocenters. The van der Waals surface area contributed by atoms with Gasteiger partial charge in [0.1, 0.15) is 0 Å². The molecule has 5 nitrogen and oxygen atoms in total. The van der Waals surface area contributed by atoms with Crippen LogP contribution in [0.15, 0.2) is 4.99 Å². The number of nitrogens with zero attached hydrogens (tertiary/aromatic N) is 1. The smallest absolute Gasteiger partial charge is 0.190 e. The Balaban J connectivity index is 0.00000400. The van der Waals surface area contributed by atoms with Gasteiger partial charge in [-0.05, 0) is 25.7 Å². The number of hydrogen-bond donors (Lipinski definition) is 2. The number of aliphatic imine (C=N–C) groups is 1. The van der Waals surface area contributed by atoms with Crippen LogP contribution in [0.2, 0.25) is 0 Å². The molecule has 1 heterocycles. The standard InChI is InChI=1S/C15H31N3O2.HI/c1-3-4-5-9-17-15(16-2)18-10-6-11-20-14-7-12-19-13-8-14;/h14H,3-13H2,1-2H3,(H2,16,17,18);1H. The number of rotatable bonds is 9. The van der Waals surface area contributed by atoms with E-state index in [0.29, 0.717) is 6.10 Å². The third-order valence-electron chi connectivity index (χ3n) is 3.43. The summed E-state index contributed by atoms with van der Waals surface area (Å²) in [5.74, 6) is 0.896. The van der Waals surface area contributed by atoms with E-state index in [1.807, 2.05) is 7.05 Å². The Morgan fingerprint density at radius 3 is 2.43 bits per heavy atom. The van der Waals surface area contributed by atoms with Gasteiger partial charge < -0.3 is 20.1 Å². The fourth-order valence-corrected chi connectivity index (χ4v) is 2.17. The van der Waals surface area contributed by atoms with Crippen molar-refractivity contribution >= 4 is 29.9 Å². The summed E-state index contributed by atoms with van der Waals surface area (Å²) in [7, 11) is 1.81. The highest BCUT2D eigenvalue weighted by atomic mass is 127. The van der Waals surface area contributed by atoms with Gasteiger partial charge in [-0.25, -0.2) is 0 Å². The van der Waals surface area contributed by atoms with Crippen LogP contribution in [0.5, 0.6) is 0 Å². The number of halogens is 1. The molecule has 0 aliphatic carbocycles. The van der Waals surface area contributed by atoms with Crippen molar-refractivity contribution in [3.8, 4) is 0 Å². The zero-order chi connectivity index (χ0) is 14.5. The lowest BCUT2D eigenvalue weighted by atomic mass is 10.1. The Kier molecular flexibility index (Phi) is 14.8. The van der Waals surface area contributed by atoms with Gasteiger partial charge in [-0.2, -0.15) is 0 Å². The average Bonchev–Trinajstić information content (AvgIpc) is 2.50. The van der Waals surface area contributed by atoms with Crippen LogP contribution in [0.25, 0.3) is 0 Å². The molecular formula is C15H32IN3O2. The van der Waals surface area contributed by atoms with Crippen LogP contribution in [-0.4, -0.2) is 52.0 Å². The van der Waals surface area contributed by atoms with Crippen LogP contribution in [0.4, 0.5) is 0 Å². The molecule has 0 amide bonds. The molecule has 0 unspecified atom stereocenters. The summed E-state index contributed by atoms with van der Waals surface area (Å²) in [6, 6.07) is 0. The summed E-state index contributed by atoms with van der Waals surface area (Å²) in [6.45, 7) is 6.60. The lowest BCUT2D eigenvalue weighted by Gasteiger charge is -2.22. The average molecular weight is 413 g/mol. The van der Waals surface area contributed by atoms with Gasteiger partial charge in [-0.1, -0.05) is 19.8 Å². The molecule has 0 spiro atoms. The highest BCUT2D eigenvalue weighted by Crippen LogP contribution is 2.10. The van der Waals surface area contributed by atoms with E-state index in [9.17, 15) is 0 Å². The van der Waals surface area contributed by atoms with Crippen molar-refractivity contribution in [2.24, 2.45) is 4.99 Å². The first-order chi connectivity index (χ1) is 9.86. The highest BCUT2D eigenvalue weighted by molar-refractivity contribution is 14.0. The predicted molar refractivity (Wildman–Crippen MR) is 98.7 cm³/mol. The Labute approximate surface area is 146 Å². The maximum absolute atomic E-state index is 5.83. The predicted octanol–water partition coefficient (Wildman–Crippen LogP) is 2.55. The lowest BCUT2D eigenvalue weighted by Crippen LogP contribution is -2.38. The molecule has 1 fully saturated rings. The minimum atomic E-state index is 0. The van der Waals surface area contributed by atoms with E-state index in [1.165, 1.54) is 19.3 Å². The topological polar surface area (TPSA) is 54.9 Å². The summed E-state index contributed by atoms with van der Waals surface area (Å²) in [5, 5.41) is 6.64. The zero-order valence-corrected chi connectivity index (χ0v) is 15.9. The van der Waals surface area contributed by atoms with Gasteiger partial charge in [0.25, 0.3) is 0 Å². The minimum absolute atomic E-state index is 0. The molecule has 2 N–H and O–H groups in total. The van der Waals surface area contributed by atoms with Crippen molar-refractivity contribution in [1.29, 1.82) is 0 Å². The maximum Gasteiger partial charge on any atom is 0.190 e. The molecule has 21 heavy (non-hydrogen) atoms. The summed E-state index contributed by atoms with van der Waals surface area (Å²) < 4.78 is 11.1. The first kappa shape index (κ1) is 20.9.